The monoisotopic (exact) mass is 273 g/mol. The van der Waals surface area contributed by atoms with E-state index in [0.29, 0.717) is 13.1 Å². The Balaban J connectivity index is 1.86. The van der Waals surface area contributed by atoms with E-state index >= 15 is 0 Å². The minimum absolute atomic E-state index is 0.166. The Labute approximate surface area is 109 Å². The minimum atomic E-state index is -4.48. The second kappa shape index (κ2) is 5.50. The summed E-state index contributed by atoms with van der Waals surface area (Å²) < 4.78 is 40.1. The topological polar surface area (TPSA) is 29.5 Å². The Hall–Kier alpha value is -1.72. The Bertz CT molecular complexity index is 433. The predicted molar refractivity (Wildman–Crippen MR) is 62.8 cm³/mol. The number of amides is 1. The first-order valence-corrected chi connectivity index (χ1v) is 5.99. The number of halogens is 3. The van der Waals surface area contributed by atoms with Crippen molar-refractivity contribution in [3.05, 3.63) is 35.9 Å². The number of benzene rings is 1. The van der Waals surface area contributed by atoms with Gasteiger partial charge in [0.05, 0.1) is 0 Å². The van der Waals surface area contributed by atoms with E-state index in [1.165, 1.54) is 4.90 Å². The standard InChI is InChI=1S/C13H14F3NO2/c14-13(15,16)9-19-12(18)17-7-6-11(8-17)10-4-2-1-3-5-10/h1-5,11H,6-9H2. The van der Waals surface area contributed by atoms with Crippen molar-refractivity contribution in [3.8, 4) is 0 Å². The molecule has 0 aliphatic carbocycles. The van der Waals surface area contributed by atoms with Crippen molar-refractivity contribution >= 4 is 6.09 Å². The summed E-state index contributed by atoms with van der Waals surface area (Å²) in [6, 6.07) is 9.61. The Morgan fingerprint density at radius 1 is 1.32 bits per heavy atom. The van der Waals surface area contributed by atoms with Crippen LogP contribution in [0.25, 0.3) is 0 Å². The summed E-state index contributed by atoms with van der Waals surface area (Å²) in [7, 11) is 0. The number of ether oxygens (including phenoxy) is 1. The molecule has 104 valence electrons. The van der Waals surface area contributed by atoms with Crippen molar-refractivity contribution in [2.45, 2.75) is 18.5 Å². The van der Waals surface area contributed by atoms with E-state index in [1.807, 2.05) is 30.3 Å². The van der Waals surface area contributed by atoms with Gasteiger partial charge in [-0.15, -0.1) is 0 Å². The third kappa shape index (κ3) is 3.87. The van der Waals surface area contributed by atoms with Crippen LogP contribution in [-0.2, 0) is 4.74 Å². The van der Waals surface area contributed by atoms with Gasteiger partial charge in [-0.25, -0.2) is 4.79 Å². The first-order chi connectivity index (χ1) is 8.96. The van der Waals surface area contributed by atoms with Gasteiger partial charge in [0, 0.05) is 19.0 Å². The molecule has 1 fully saturated rings. The van der Waals surface area contributed by atoms with E-state index in [2.05, 4.69) is 4.74 Å². The van der Waals surface area contributed by atoms with Gasteiger partial charge < -0.3 is 9.64 Å². The minimum Gasteiger partial charge on any atom is -0.440 e. The highest BCUT2D eigenvalue weighted by Crippen LogP contribution is 2.27. The van der Waals surface area contributed by atoms with Crippen LogP contribution in [0.15, 0.2) is 30.3 Å². The number of alkyl halides is 3. The SMILES string of the molecule is O=C(OCC(F)(F)F)N1CCC(c2ccccc2)C1. The average Bonchev–Trinajstić information content (AvgIpc) is 2.86. The molecule has 0 radical (unpaired) electrons. The second-order valence-corrected chi connectivity index (χ2v) is 4.51. The quantitative estimate of drug-likeness (QED) is 0.828. The van der Waals surface area contributed by atoms with Crippen LogP contribution in [0.5, 0.6) is 0 Å². The number of carbonyl (C=O) groups excluding carboxylic acids is 1. The third-order valence-electron chi connectivity index (χ3n) is 3.08. The third-order valence-corrected chi connectivity index (χ3v) is 3.08. The molecule has 1 unspecified atom stereocenters. The van der Waals surface area contributed by atoms with Gasteiger partial charge in [-0.3, -0.25) is 0 Å². The Morgan fingerprint density at radius 3 is 2.63 bits per heavy atom. The highest BCUT2D eigenvalue weighted by atomic mass is 19.4. The van der Waals surface area contributed by atoms with Crippen LogP contribution in [0.4, 0.5) is 18.0 Å². The summed E-state index contributed by atoms with van der Waals surface area (Å²) >= 11 is 0. The van der Waals surface area contributed by atoms with Crippen LogP contribution in [0.3, 0.4) is 0 Å². The Morgan fingerprint density at radius 2 is 2.00 bits per heavy atom. The molecular formula is C13H14F3NO2. The van der Waals surface area contributed by atoms with Gasteiger partial charge >= 0.3 is 12.3 Å². The summed E-state index contributed by atoms with van der Waals surface area (Å²) in [6.07, 6.45) is -4.63. The molecule has 1 amide bonds. The van der Waals surface area contributed by atoms with Crippen LogP contribution in [-0.4, -0.2) is 36.9 Å². The molecule has 0 spiro atoms. The normalized spacial score (nSPS) is 19.5. The number of rotatable bonds is 2. The van der Waals surface area contributed by atoms with E-state index in [9.17, 15) is 18.0 Å². The van der Waals surface area contributed by atoms with Crippen molar-refractivity contribution < 1.29 is 22.7 Å². The zero-order valence-electron chi connectivity index (χ0n) is 10.2. The Kier molecular flexibility index (Phi) is 3.97. The molecular weight excluding hydrogens is 259 g/mol. The molecule has 0 aromatic heterocycles. The van der Waals surface area contributed by atoms with E-state index in [-0.39, 0.29) is 5.92 Å². The van der Waals surface area contributed by atoms with Gasteiger partial charge in [0.1, 0.15) is 0 Å². The van der Waals surface area contributed by atoms with E-state index < -0.39 is 18.9 Å². The summed E-state index contributed by atoms with van der Waals surface area (Å²) in [4.78, 5) is 12.8. The first-order valence-electron chi connectivity index (χ1n) is 5.99. The van der Waals surface area contributed by atoms with Crippen LogP contribution in [0.2, 0.25) is 0 Å². The molecule has 1 aliphatic rings. The van der Waals surface area contributed by atoms with Gasteiger partial charge in [-0.2, -0.15) is 13.2 Å². The van der Waals surface area contributed by atoms with Gasteiger partial charge in [0.25, 0.3) is 0 Å². The molecule has 6 heteroatoms. The lowest BCUT2D eigenvalue weighted by Crippen LogP contribution is -2.32. The van der Waals surface area contributed by atoms with Crippen molar-refractivity contribution in [2.75, 3.05) is 19.7 Å². The predicted octanol–water partition coefficient (Wildman–Crippen LogP) is 3.17. The highest BCUT2D eigenvalue weighted by Gasteiger charge is 2.33. The smallest absolute Gasteiger partial charge is 0.422 e. The molecule has 3 nitrogen and oxygen atoms in total. The van der Waals surface area contributed by atoms with E-state index in [0.717, 1.165) is 12.0 Å². The lowest BCUT2D eigenvalue weighted by Gasteiger charge is -2.17. The van der Waals surface area contributed by atoms with Crippen LogP contribution < -0.4 is 0 Å². The fourth-order valence-electron chi connectivity index (χ4n) is 2.16. The van der Waals surface area contributed by atoms with Crippen molar-refractivity contribution in [3.63, 3.8) is 0 Å². The molecule has 19 heavy (non-hydrogen) atoms. The van der Waals surface area contributed by atoms with Crippen molar-refractivity contribution in [1.29, 1.82) is 0 Å². The zero-order chi connectivity index (χ0) is 13.9. The van der Waals surface area contributed by atoms with Gasteiger partial charge in [-0.1, -0.05) is 30.3 Å². The molecule has 0 bridgehead atoms. The number of hydrogen-bond donors (Lipinski definition) is 0. The molecule has 2 rings (SSSR count). The molecule has 1 aromatic rings. The molecule has 1 aliphatic heterocycles. The molecule has 1 aromatic carbocycles. The highest BCUT2D eigenvalue weighted by molar-refractivity contribution is 5.68. The lowest BCUT2D eigenvalue weighted by molar-refractivity contribution is -0.162. The number of nitrogens with zero attached hydrogens (tertiary/aromatic N) is 1. The molecule has 0 saturated carbocycles. The van der Waals surface area contributed by atoms with Crippen LogP contribution >= 0.6 is 0 Å². The van der Waals surface area contributed by atoms with E-state index in [1.54, 1.807) is 0 Å². The maximum atomic E-state index is 11.9. The summed E-state index contributed by atoms with van der Waals surface area (Å²) in [5.41, 5.74) is 1.09. The summed E-state index contributed by atoms with van der Waals surface area (Å²) in [6.45, 7) is -0.699. The largest absolute Gasteiger partial charge is 0.440 e. The van der Waals surface area contributed by atoms with Crippen molar-refractivity contribution in [1.82, 2.24) is 4.90 Å². The van der Waals surface area contributed by atoms with Crippen LogP contribution in [0.1, 0.15) is 17.9 Å². The van der Waals surface area contributed by atoms with Gasteiger partial charge in [0.2, 0.25) is 0 Å². The van der Waals surface area contributed by atoms with Crippen molar-refractivity contribution in [2.24, 2.45) is 0 Å². The van der Waals surface area contributed by atoms with Gasteiger partial charge in [0.15, 0.2) is 6.61 Å². The average molecular weight is 273 g/mol. The fourth-order valence-corrected chi connectivity index (χ4v) is 2.16. The number of likely N-dealkylation sites (tertiary alicyclic amines) is 1. The number of carbonyl (C=O) groups is 1. The second-order valence-electron chi connectivity index (χ2n) is 4.51. The van der Waals surface area contributed by atoms with Gasteiger partial charge in [-0.05, 0) is 12.0 Å². The molecule has 1 saturated heterocycles. The maximum Gasteiger partial charge on any atom is 0.422 e. The maximum absolute atomic E-state index is 11.9. The van der Waals surface area contributed by atoms with E-state index in [4.69, 9.17) is 0 Å². The fraction of sp³-hybridized carbons (Fsp3) is 0.462. The zero-order valence-corrected chi connectivity index (χ0v) is 10.2. The first kappa shape index (κ1) is 13.7. The molecule has 1 heterocycles. The summed E-state index contributed by atoms with van der Waals surface area (Å²) in [5.74, 6) is 0.166. The molecule has 0 N–H and O–H groups in total. The van der Waals surface area contributed by atoms with Crippen LogP contribution in [0, 0.1) is 0 Å². The molecule has 1 atom stereocenters. The summed E-state index contributed by atoms with van der Waals surface area (Å²) in [5, 5.41) is 0. The lowest BCUT2D eigenvalue weighted by atomic mass is 9.99. The number of hydrogen-bond acceptors (Lipinski definition) is 2.